The summed E-state index contributed by atoms with van der Waals surface area (Å²) in [6, 6.07) is 14.2. The van der Waals surface area contributed by atoms with Gasteiger partial charge in [-0.15, -0.1) is 0 Å². The van der Waals surface area contributed by atoms with E-state index in [1.807, 2.05) is 37.3 Å². The summed E-state index contributed by atoms with van der Waals surface area (Å²) in [6.45, 7) is 2.66. The van der Waals surface area contributed by atoms with Gasteiger partial charge in [0.1, 0.15) is 23.8 Å². The number of hydrogen-bond donors (Lipinski definition) is 0. The topological polar surface area (TPSA) is 26.0 Å². The first kappa shape index (κ1) is 11.0. The molecule has 0 amide bonds. The van der Waals surface area contributed by atoms with E-state index in [1.54, 1.807) is 0 Å². The Morgan fingerprint density at radius 3 is 2.67 bits per heavy atom. The lowest BCUT2D eigenvalue weighted by Gasteiger charge is -2.04. The lowest BCUT2D eigenvalue weighted by atomic mass is 10.2. The Morgan fingerprint density at radius 2 is 1.83 bits per heavy atom. The van der Waals surface area contributed by atoms with Crippen molar-refractivity contribution in [2.45, 2.75) is 6.92 Å². The third-order valence-corrected chi connectivity index (χ3v) is 3.10. The summed E-state index contributed by atoms with van der Waals surface area (Å²) in [5, 5.41) is 0. The number of fused-ring (bicyclic) bond motifs is 2. The van der Waals surface area contributed by atoms with Crippen LogP contribution in [0.25, 0.3) is 22.1 Å². The molecule has 0 aliphatic rings. The highest BCUT2D eigenvalue weighted by atomic mass is 16.5. The summed E-state index contributed by atoms with van der Waals surface area (Å²) in [6.07, 6.45) is 0. The molecule has 0 unspecified atom stereocenters. The molecular weight excluding hydrogens is 224 g/mol. The zero-order valence-electron chi connectivity index (χ0n) is 10.6. The Labute approximate surface area is 106 Å². The van der Waals surface area contributed by atoms with Crippen LogP contribution < -0.4 is 9.30 Å². The second-order valence-corrected chi connectivity index (χ2v) is 4.24. The minimum absolute atomic E-state index is 0.672. The van der Waals surface area contributed by atoms with Gasteiger partial charge in [0.2, 0.25) is 11.0 Å². The minimum atomic E-state index is 0.672. The number of aryl methyl sites for hydroxylation is 1. The lowest BCUT2D eigenvalue weighted by Crippen LogP contribution is -2.30. The van der Waals surface area contributed by atoms with Crippen molar-refractivity contribution in [2.75, 3.05) is 6.61 Å². The molecule has 0 spiro atoms. The number of hydrogen-bond acceptors (Lipinski definition) is 2. The largest absolute Gasteiger partial charge is 0.494 e. The maximum Gasteiger partial charge on any atom is 0.231 e. The first-order valence-electron chi connectivity index (χ1n) is 6.11. The Hall–Kier alpha value is -2.16. The number of para-hydroxylation sites is 2. The van der Waals surface area contributed by atoms with E-state index < -0.39 is 0 Å². The standard InChI is InChI=1S/C15H15N2O/c1-3-18-11-8-9-15-13(10-11)16-12-6-4-5-7-14(12)17(15)2/h4-10H,3H2,1-2H3/q+1. The van der Waals surface area contributed by atoms with Crippen LogP contribution in [-0.4, -0.2) is 11.6 Å². The van der Waals surface area contributed by atoms with Crippen molar-refractivity contribution in [1.82, 2.24) is 4.98 Å². The highest BCUT2D eigenvalue weighted by Crippen LogP contribution is 2.19. The molecule has 0 saturated heterocycles. The van der Waals surface area contributed by atoms with Gasteiger partial charge in [0.05, 0.1) is 6.61 Å². The van der Waals surface area contributed by atoms with Crippen LogP contribution in [0.2, 0.25) is 0 Å². The van der Waals surface area contributed by atoms with Crippen LogP contribution in [0.3, 0.4) is 0 Å². The van der Waals surface area contributed by atoms with Gasteiger partial charge in [-0.2, -0.15) is 4.57 Å². The Kier molecular flexibility index (Phi) is 2.59. The molecule has 2 aromatic carbocycles. The molecule has 3 nitrogen and oxygen atoms in total. The van der Waals surface area contributed by atoms with Gasteiger partial charge in [0.25, 0.3) is 0 Å². The van der Waals surface area contributed by atoms with Crippen LogP contribution in [0.15, 0.2) is 42.5 Å². The zero-order valence-corrected chi connectivity index (χ0v) is 10.6. The van der Waals surface area contributed by atoms with Crippen LogP contribution >= 0.6 is 0 Å². The highest BCUT2D eigenvalue weighted by molar-refractivity contribution is 5.82. The van der Waals surface area contributed by atoms with Gasteiger partial charge in [-0.3, -0.25) is 0 Å². The number of nitrogens with zero attached hydrogens (tertiary/aromatic N) is 2. The maximum atomic E-state index is 5.52. The van der Waals surface area contributed by atoms with E-state index >= 15 is 0 Å². The van der Waals surface area contributed by atoms with Gasteiger partial charge in [-0.05, 0) is 19.1 Å². The molecular formula is C15H15N2O+. The molecule has 3 aromatic rings. The van der Waals surface area contributed by atoms with E-state index in [0.717, 1.165) is 27.8 Å². The van der Waals surface area contributed by atoms with Gasteiger partial charge < -0.3 is 4.74 Å². The summed E-state index contributed by atoms with van der Waals surface area (Å²) < 4.78 is 7.68. The van der Waals surface area contributed by atoms with Crippen molar-refractivity contribution in [3.05, 3.63) is 42.5 Å². The molecule has 18 heavy (non-hydrogen) atoms. The Bertz CT molecular complexity index is 722. The van der Waals surface area contributed by atoms with Gasteiger partial charge in [-0.1, -0.05) is 12.1 Å². The summed E-state index contributed by atoms with van der Waals surface area (Å²) >= 11 is 0. The minimum Gasteiger partial charge on any atom is -0.494 e. The molecule has 0 N–H and O–H groups in total. The second kappa shape index (κ2) is 4.26. The fourth-order valence-corrected chi connectivity index (χ4v) is 2.23. The predicted molar refractivity (Wildman–Crippen MR) is 71.6 cm³/mol. The van der Waals surface area contributed by atoms with E-state index in [1.165, 1.54) is 0 Å². The van der Waals surface area contributed by atoms with Gasteiger partial charge in [-0.25, -0.2) is 4.98 Å². The quantitative estimate of drug-likeness (QED) is 0.507. The van der Waals surface area contributed by atoms with Crippen molar-refractivity contribution < 1.29 is 9.30 Å². The monoisotopic (exact) mass is 239 g/mol. The fraction of sp³-hybridized carbons (Fsp3) is 0.200. The van der Waals surface area contributed by atoms with Crippen LogP contribution in [0, 0.1) is 0 Å². The number of rotatable bonds is 2. The molecule has 1 heterocycles. The molecule has 0 radical (unpaired) electrons. The molecule has 0 atom stereocenters. The summed E-state index contributed by atoms with van der Waals surface area (Å²) in [4.78, 5) is 4.68. The van der Waals surface area contributed by atoms with E-state index in [4.69, 9.17) is 4.74 Å². The normalized spacial score (nSPS) is 11.0. The summed E-state index contributed by atoms with van der Waals surface area (Å²) in [5.41, 5.74) is 4.20. The average molecular weight is 239 g/mol. The first-order valence-corrected chi connectivity index (χ1v) is 6.11. The highest BCUT2D eigenvalue weighted by Gasteiger charge is 2.12. The smallest absolute Gasteiger partial charge is 0.231 e. The SMILES string of the molecule is CCOc1ccc2c(c1)nc1ccccc1[n+]2C. The third-order valence-electron chi connectivity index (χ3n) is 3.10. The van der Waals surface area contributed by atoms with Crippen molar-refractivity contribution >= 4 is 22.1 Å². The Morgan fingerprint density at radius 1 is 1.06 bits per heavy atom. The van der Waals surface area contributed by atoms with Crippen molar-refractivity contribution in [3.8, 4) is 5.75 Å². The molecule has 0 saturated carbocycles. The van der Waals surface area contributed by atoms with E-state index in [0.29, 0.717) is 6.61 Å². The number of aromatic nitrogens is 2. The fourth-order valence-electron chi connectivity index (χ4n) is 2.23. The van der Waals surface area contributed by atoms with Crippen molar-refractivity contribution in [3.63, 3.8) is 0 Å². The molecule has 1 aromatic heterocycles. The van der Waals surface area contributed by atoms with Gasteiger partial charge in [0, 0.05) is 18.2 Å². The zero-order chi connectivity index (χ0) is 12.5. The van der Waals surface area contributed by atoms with E-state index in [-0.39, 0.29) is 0 Å². The van der Waals surface area contributed by atoms with E-state index in [2.05, 4.69) is 28.7 Å². The molecule has 3 heteroatoms. The lowest BCUT2D eigenvalue weighted by molar-refractivity contribution is -0.617. The Balaban J connectivity index is 2.33. The number of ether oxygens (including phenoxy) is 1. The van der Waals surface area contributed by atoms with Gasteiger partial charge >= 0.3 is 0 Å². The molecule has 0 bridgehead atoms. The second-order valence-electron chi connectivity index (χ2n) is 4.24. The summed E-state index contributed by atoms with van der Waals surface area (Å²) in [5.74, 6) is 0.868. The molecule has 0 aliphatic heterocycles. The first-order chi connectivity index (χ1) is 8.79. The average Bonchev–Trinajstić information content (AvgIpc) is 2.39. The molecule has 90 valence electrons. The van der Waals surface area contributed by atoms with Crippen molar-refractivity contribution in [2.24, 2.45) is 7.05 Å². The summed E-state index contributed by atoms with van der Waals surface area (Å²) in [7, 11) is 2.06. The maximum absolute atomic E-state index is 5.52. The molecule has 0 fully saturated rings. The van der Waals surface area contributed by atoms with Gasteiger partial charge in [0.15, 0.2) is 0 Å². The third kappa shape index (κ3) is 1.68. The number of benzene rings is 2. The van der Waals surface area contributed by atoms with Crippen molar-refractivity contribution in [1.29, 1.82) is 0 Å². The van der Waals surface area contributed by atoms with Crippen LogP contribution in [-0.2, 0) is 7.05 Å². The predicted octanol–water partition coefficient (Wildman–Crippen LogP) is 2.61. The van der Waals surface area contributed by atoms with Crippen LogP contribution in [0.4, 0.5) is 0 Å². The van der Waals surface area contributed by atoms with Crippen LogP contribution in [0.1, 0.15) is 6.92 Å². The molecule has 3 rings (SSSR count). The van der Waals surface area contributed by atoms with E-state index in [9.17, 15) is 0 Å². The molecule has 0 aliphatic carbocycles. The van der Waals surface area contributed by atoms with Crippen LogP contribution in [0.5, 0.6) is 5.75 Å².